The maximum atomic E-state index is 11.9. The van der Waals surface area contributed by atoms with Crippen LogP contribution in [0.15, 0.2) is 35.9 Å². The fourth-order valence-corrected chi connectivity index (χ4v) is 1.97. The van der Waals surface area contributed by atoms with E-state index in [4.69, 9.17) is 10.00 Å². The quantitative estimate of drug-likeness (QED) is 0.661. The number of rotatable bonds is 4. The summed E-state index contributed by atoms with van der Waals surface area (Å²) in [6.45, 7) is 1.22. The molecule has 0 aromatic heterocycles. The van der Waals surface area contributed by atoms with Gasteiger partial charge in [0.1, 0.15) is 11.6 Å². The fourth-order valence-electron chi connectivity index (χ4n) is 1.97. The first kappa shape index (κ1) is 13.3. The molecule has 2 rings (SSSR count). The number of carbonyl (C=O) groups excluding carboxylic acids is 1. The second kappa shape index (κ2) is 6.72. The van der Waals surface area contributed by atoms with Gasteiger partial charge in [-0.25, -0.2) is 0 Å². The SMILES string of the molecule is N#C/C(=C\c1ccccc1)C(=O)NC[C@@H]1CCCO1. The summed E-state index contributed by atoms with van der Waals surface area (Å²) in [7, 11) is 0. The van der Waals surface area contributed by atoms with E-state index >= 15 is 0 Å². The number of nitriles is 1. The normalized spacial score (nSPS) is 18.9. The molecule has 0 saturated carbocycles. The van der Waals surface area contributed by atoms with E-state index in [-0.39, 0.29) is 17.6 Å². The molecule has 0 aliphatic carbocycles. The zero-order chi connectivity index (χ0) is 13.5. The molecule has 19 heavy (non-hydrogen) atoms. The molecule has 0 bridgehead atoms. The largest absolute Gasteiger partial charge is 0.376 e. The maximum absolute atomic E-state index is 11.9. The Bertz CT molecular complexity index is 497. The Hall–Kier alpha value is -2.12. The Morgan fingerprint density at radius 2 is 2.26 bits per heavy atom. The van der Waals surface area contributed by atoms with Gasteiger partial charge in [-0.1, -0.05) is 30.3 Å². The smallest absolute Gasteiger partial charge is 0.262 e. The molecule has 1 saturated heterocycles. The summed E-state index contributed by atoms with van der Waals surface area (Å²) in [5, 5.41) is 11.8. The summed E-state index contributed by atoms with van der Waals surface area (Å²) in [5.74, 6) is -0.346. The number of ether oxygens (including phenoxy) is 1. The second-order valence-corrected chi connectivity index (χ2v) is 4.43. The van der Waals surface area contributed by atoms with Crippen molar-refractivity contribution in [3.8, 4) is 6.07 Å². The number of benzene rings is 1. The predicted molar refractivity (Wildman–Crippen MR) is 72.0 cm³/mol. The molecular formula is C15H16N2O2. The van der Waals surface area contributed by atoms with Crippen molar-refractivity contribution in [1.82, 2.24) is 5.32 Å². The lowest BCUT2D eigenvalue weighted by atomic mass is 10.1. The van der Waals surface area contributed by atoms with Gasteiger partial charge >= 0.3 is 0 Å². The van der Waals surface area contributed by atoms with Crippen molar-refractivity contribution < 1.29 is 9.53 Å². The molecule has 1 aliphatic heterocycles. The summed E-state index contributed by atoms with van der Waals surface area (Å²) in [4.78, 5) is 11.9. The summed E-state index contributed by atoms with van der Waals surface area (Å²) in [5.41, 5.74) is 0.954. The van der Waals surface area contributed by atoms with Gasteiger partial charge < -0.3 is 10.1 Å². The number of hydrogen-bond acceptors (Lipinski definition) is 3. The molecule has 1 N–H and O–H groups in total. The Morgan fingerprint density at radius 3 is 2.89 bits per heavy atom. The van der Waals surface area contributed by atoms with E-state index in [1.165, 1.54) is 0 Å². The van der Waals surface area contributed by atoms with Crippen molar-refractivity contribution in [1.29, 1.82) is 5.26 Å². The summed E-state index contributed by atoms with van der Waals surface area (Å²) >= 11 is 0. The van der Waals surface area contributed by atoms with Gasteiger partial charge in [-0.3, -0.25) is 4.79 Å². The predicted octanol–water partition coefficient (Wildman–Crippen LogP) is 1.89. The van der Waals surface area contributed by atoms with E-state index in [9.17, 15) is 4.79 Å². The third-order valence-electron chi connectivity index (χ3n) is 2.99. The lowest BCUT2D eigenvalue weighted by molar-refractivity contribution is -0.117. The van der Waals surface area contributed by atoms with Gasteiger partial charge in [0.05, 0.1) is 6.10 Å². The van der Waals surface area contributed by atoms with Crippen LogP contribution in [-0.2, 0) is 9.53 Å². The van der Waals surface area contributed by atoms with Crippen LogP contribution in [0, 0.1) is 11.3 Å². The van der Waals surface area contributed by atoms with Gasteiger partial charge in [0.15, 0.2) is 0 Å². The Kier molecular flexibility index (Phi) is 4.71. The van der Waals surface area contributed by atoms with Crippen LogP contribution in [0.4, 0.5) is 0 Å². The van der Waals surface area contributed by atoms with Crippen LogP contribution in [0.3, 0.4) is 0 Å². The molecule has 1 fully saturated rings. The van der Waals surface area contributed by atoms with Crippen LogP contribution in [-0.4, -0.2) is 25.2 Å². The highest BCUT2D eigenvalue weighted by Gasteiger charge is 2.17. The number of nitrogens with zero attached hydrogens (tertiary/aromatic N) is 1. The topological polar surface area (TPSA) is 62.1 Å². The molecule has 1 amide bonds. The van der Waals surface area contributed by atoms with Crippen LogP contribution in [0.25, 0.3) is 6.08 Å². The highest BCUT2D eigenvalue weighted by atomic mass is 16.5. The highest BCUT2D eigenvalue weighted by Crippen LogP contribution is 2.11. The summed E-state index contributed by atoms with van der Waals surface area (Å²) in [6.07, 6.45) is 3.67. The minimum atomic E-state index is -0.346. The number of carbonyl (C=O) groups is 1. The number of amides is 1. The van der Waals surface area contributed by atoms with Crippen molar-refractivity contribution in [2.45, 2.75) is 18.9 Å². The molecule has 0 spiro atoms. The van der Waals surface area contributed by atoms with Crippen LogP contribution in [0.5, 0.6) is 0 Å². The van der Waals surface area contributed by atoms with E-state index in [2.05, 4.69) is 5.32 Å². The Labute approximate surface area is 112 Å². The van der Waals surface area contributed by atoms with Crippen LogP contribution >= 0.6 is 0 Å². The van der Waals surface area contributed by atoms with Crippen LogP contribution < -0.4 is 5.32 Å². The number of hydrogen-bond donors (Lipinski definition) is 1. The van der Waals surface area contributed by atoms with E-state index in [0.29, 0.717) is 6.54 Å². The molecule has 0 unspecified atom stereocenters. The zero-order valence-corrected chi connectivity index (χ0v) is 10.6. The van der Waals surface area contributed by atoms with Gasteiger partial charge in [-0.05, 0) is 24.5 Å². The minimum absolute atomic E-state index is 0.0839. The Balaban J connectivity index is 1.95. The second-order valence-electron chi connectivity index (χ2n) is 4.43. The van der Waals surface area contributed by atoms with Crippen molar-refractivity contribution >= 4 is 12.0 Å². The molecule has 1 aromatic carbocycles. The first-order chi connectivity index (χ1) is 9.29. The maximum Gasteiger partial charge on any atom is 0.262 e. The van der Waals surface area contributed by atoms with Crippen molar-refractivity contribution in [3.63, 3.8) is 0 Å². The molecule has 4 heteroatoms. The van der Waals surface area contributed by atoms with Crippen molar-refractivity contribution in [2.75, 3.05) is 13.2 Å². The van der Waals surface area contributed by atoms with E-state index < -0.39 is 0 Å². The van der Waals surface area contributed by atoms with Crippen molar-refractivity contribution in [3.05, 3.63) is 41.5 Å². The molecule has 1 aliphatic rings. The lowest BCUT2D eigenvalue weighted by Crippen LogP contribution is -2.32. The highest BCUT2D eigenvalue weighted by molar-refractivity contribution is 6.01. The molecular weight excluding hydrogens is 240 g/mol. The first-order valence-corrected chi connectivity index (χ1v) is 6.36. The molecule has 0 radical (unpaired) electrons. The molecule has 4 nitrogen and oxygen atoms in total. The molecule has 98 valence electrons. The van der Waals surface area contributed by atoms with Crippen LogP contribution in [0.2, 0.25) is 0 Å². The lowest BCUT2D eigenvalue weighted by Gasteiger charge is -2.10. The van der Waals surface area contributed by atoms with E-state index in [0.717, 1.165) is 25.0 Å². The monoisotopic (exact) mass is 256 g/mol. The zero-order valence-electron chi connectivity index (χ0n) is 10.6. The standard InChI is InChI=1S/C15H16N2O2/c16-10-13(9-12-5-2-1-3-6-12)15(18)17-11-14-7-4-8-19-14/h1-3,5-6,9,14H,4,7-8,11H2,(H,17,18)/b13-9+/t14-/m0/s1. The molecule has 1 atom stereocenters. The average molecular weight is 256 g/mol. The van der Waals surface area contributed by atoms with Gasteiger partial charge in [0, 0.05) is 13.2 Å². The van der Waals surface area contributed by atoms with E-state index in [1.807, 2.05) is 36.4 Å². The van der Waals surface area contributed by atoms with Crippen molar-refractivity contribution in [2.24, 2.45) is 0 Å². The average Bonchev–Trinajstić information content (AvgIpc) is 2.96. The van der Waals surface area contributed by atoms with Gasteiger partial charge in [-0.15, -0.1) is 0 Å². The van der Waals surface area contributed by atoms with E-state index in [1.54, 1.807) is 6.08 Å². The Morgan fingerprint density at radius 1 is 1.47 bits per heavy atom. The number of nitrogens with one attached hydrogen (secondary N) is 1. The van der Waals surface area contributed by atoms with Gasteiger partial charge in [0.25, 0.3) is 5.91 Å². The van der Waals surface area contributed by atoms with Gasteiger partial charge in [-0.2, -0.15) is 5.26 Å². The van der Waals surface area contributed by atoms with Crippen LogP contribution in [0.1, 0.15) is 18.4 Å². The summed E-state index contributed by atoms with van der Waals surface area (Å²) < 4.78 is 5.42. The molecule has 1 aromatic rings. The minimum Gasteiger partial charge on any atom is -0.376 e. The fraction of sp³-hybridized carbons (Fsp3) is 0.333. The first-order valence-electron chi connectivity index (χ1n) is 6.36. The molecule has 1 heterocycles. The van der Waals surface area contributed by atoms with Gasteiger partial charge in [0.2, 0.25) is 0 Å². The third kappa shape index (κ3) is 3.94. The summed E-state index contributed by atoms with van der Waals surface area (Å²) in [6, 6.07) is 11.3. The third-order valence-corrected chi connectivity index (χ3v) is 2.99.